The summed E-state index contributed by atoms with van der Waals surface area (Å²) >= 11 is 0. The maximum atomic E-state index is 14.0. The summed E-state index contributed by atoms with van der Waals surface area (Å²) in [6.07, 6.45) is 12.2. The molecule has 9 heteroatoms. The van der Waals surface area contributed by atoms with E-state index >= 15 is 0 Å². The van der Waals surface area contributed by atoms with Crippen LogP contribution >= 0.6 is 0 Å². The van der Waals surface area contributed by atoms with Gasteiger partial charge in [-0.3, -0.25) is 14.0 Å². The van der Waals surface area contributed by atoms with E-state index in [4.69, 9.17) is 4.74 Å². The van der Waals surface area contributed by atoms with Crippen molar-refractivity contribution in [1.29, 1.82) is 0 Å². The first-order valence-corrected chi connectivity index (χ1v) is 11.9. The molecule has 0 radical (unpaired) electrons. The predicted molar refractivity (Wildman–Crippen MR) is 128 cm³/mol. The molecule has 0 spiro atoms. The quantitative estimate of drug-likeness (QED) is 0.412. The van der Waals surface area contributed by atoms with Gasteiger partial charge in [0.25, 0.3) is 5.56 Å². The van der Waals surface area contributed by atoms with Crippen LogP contribution < -0.4 is 5.56 Å². The highest BCUT2D eigenvalue weighted by Crippen LogP contribution is 2.36. The summed E-state index contributed by atoms with van der Waals surface area (Å²) in [6, 6.07) is 5.54. The zero-order valence-corrected chi connectivity index (χ0v) is 19.7. The fourth-order valence-corrected chi connectivity index (χ4v) is 4.25. The number of nitrogens with zero attached hydrogens (tertiary/aromatic N) is 5. The summed E-state index contributed by atoms with van der Waals surface area (Å²) < 4.78 is 36.2. The van der Waals surface area contributed by atoms with Crippen molar-refractivity contribution in [3.05, 3.63) is 76.2 Å². The van der Waals surface area contributed by atoms with Gasteiger partial charge in [-0.15, -0.1) is 0 Å². The topological polar surface area (TPSA) is 74.8 Å². The van der Waals surface area contributed by atoms with Crippen molar-refractivity contribution in [2.24, 2.45) is 7.05 Å². The molecule has 0 amide bonds. The molecule has 1 aliphatic heterocycles. The highest BCUT2D eigenvalue weighted by molar-refractivity contribution is 5.90. The van der Waals surface area contributed by atoms with E-state index in [0.717, 1.165) is 19.1 Å². The minimum absolute atomic E-state index is 0.157. The molecule has 4 aromatic rings. The molecule has 1 aliphatic carbocycles. The van der Waals surface area contributed by atoms with Crippen molar-refractivity contribution in [3.8, 4) is 11.1 Å². The second-order valence-electron chi connectivity index (χ2n) is 9.04. The third-order valence-corrected chi connectivity index (χ3v) is 6.51. The van der Waals surface area contributed by atoms with Crippen molar-refractivity contribution in [2.75, 3.05) is 6.61 Å². The molecule has 1 unspecified atom stereocenters. The molecular formula is C26H27F2N5O2. The minimum atomic E-state index is -0.706. The zero-order chi connectivity index (χ0) is 24.5. The van der Waals surface area contributed by atoms with Crippen LogP contribution in [0.4, 0.5) is 8.78 Å². The SMILES string of the molecule is Cc1nc2c(-c3ccc(F)cc3F)ccnc2c(=O)n1C.c1nn(C2CC2)cc1C1CCCCO1. The van der Waals surface area contributed by atoms with Gasteiger partial charge in [-0.2, -0.15) is 5.10 Å². The first-order chi connectivity index (χ1) is 16.9. The Bertz CT molecular complexity index is 1420. The summed E-state index contributed by atoms with van der Waals surface area (Å²) in [4.78, 5) is 20.5. The molecule has 35 heavy (non-hydrogen) atoms. The lowest BCUT2D eigenvalue weighted by Crippen LogP contribution is -2.21. The minimum Gasteiger partial charge on any atom is -0.373 e. The molecule has 3 aromatic heterocycles. The van der Waals surface area contributed by atoms with Gasteiger partial charge in [0.15, 0.2) is 5.52 Å². The number of benzene rings is 1. The Morgan fingerprint density at radius 1 is 1.06 bits per heavy atom. The lowest BCUT2D eigenvalue weighted by molar-refractivity contribution is 0.0149. The van der Waals surface area contributed by atoms with Crippen molar-refractivity contribution >= 4 is 11.0 Å². The number of hydrogen-bond acceptors (Lipinski definition) is 5. The van der Waals surface area contributed by atoms with Gasteiger partial charge in [-0.05, 0) is 57.2 Å². The van der Waals surface area contributed by atoms with Gasteiger partial charge < -0.3 is 4.74 Å². The third kappa shape index (κ3) is 4.86. The van der Waals surface area contributed by atoms with Crippen LogP contribution in [0.3, 0.4) is 0 Å². The number of pyridine rings is 1. The van der Waals surface area contributed by atoms with E-state index in [9.17, 15) is 13.6 Å². The van der Waals surface area contributed by atoms with Crippen molar-refractivity contribution in [3.63, 3.8) is 0 Å². The van der Waals surface area contributed by atoms with E-state index < -0.39 is 11.6 Å². The number of hydrogen-bond donors (Lipinski definition) is 0. The van der Waals surface area contributed by atoms with Crippen molar-refractivity contribution < 1.29 is 13.5 Å². The second-order valence-corrected chi connectivity index (χ2v) is 9.04. The van der Waals surface area contributed by atoms with E-state index in [0.29, 0.717) is 29.1 Å². The molecule has 1 saturated heterocycles. The van der Waals surface area contributed by atoms with Gasteiger partial charge in [0, 0.05) is 48.8 Å². The lowest BCUT2D eigenvalue weighted by atomic mass is 10.0. The molecular weight excluding hydrogens is 452 g/mol. The number of aromatic nitrogens is 5. The normalized spacial score (nSPS) is 17.8. The van der Waals surface area contributed by atoms with E-state index in [1.54, 1.807) is 20.0 Å². The van der Waals surface area contributed by atoms with Crippen LogP contribution in [0.1, 0.15) is 55.6 Å². The van der Waals surface area contributed by atoms with Crippen LogP contribution in [0.5, 0.6) is 0 Å². The van der Waals surface area contributed by atoms with Crippen molar-refractivity contribution in [2.45, 2.75) is 51.2 Å². The predicted octanol–water partition coefficient (Wildman–Crippen LogP) is 5.04. The second kappa shape index (κ2) is 9.65. The highest BCUT2D eigenvalue weighted by atomic mass is 19.1. The molecule has 1 atom stereocenters. The van der Waals surface area contributed by atoms with E-state index in [1.165, 1.54) is 54.1 Å². The number of ether oxygens (including phenoxy) is 1. The van der Waals surface area contributed by atoms with E-state index in [2.05, 4.69) is 25.9 Å². The largest absolute Gasteiger partial charge is 0.373 e. The maximum Gasteiger partial charge on any atom is 0.279 e. The summed E-state index contributed by atoms with van der Waals surface area (Å²) in [5.41, 5.74) is 2.04. The Morgan fingerprint density at radius 2 is 1.89 bits per heavy atom. The summed E-state index contributed by atoms with van der Waals surface area (Å²) in [7, 11) is 1.59. The molecule has 2 aliphatic rings. The fourth-order valence-electron chi connectivity index (χ4n) is 4.25. The van der Waals surface area contributed by atoms with Crippen LogP contribution in [-0.2, 0) is 11.8 Å². The summed E-state index contributed by atoms with van der Waals surface area (Å²) in [6.45, 7) is 2.60. The van der Waals surface area contributed by atoms with E-state index in [1.807, 2.05) is 6.20 Å². The van der Waals surface area contributed by atoms with Gasteiger partial charge in [0.1, 0.15) is 23.0 Å². The molecule has 0 bridgehead atoms. The van der Waals surface area contributed by atoms with Crippen LogP contribution in [0.2, 0.25) is 0 Å². The van der Waals surface area contributed by atoms with Crippen molar-refractivity contribution in [1.82, 2.24) is 24.3 Å². The Hall–Kier alpha value is -3.46. The average Bonchev–Trinajstić information content (AvgIpc) is 3.60. The molecule has 7 nitrogen and oxygen atoms in total. The Balaban J connectivity index is 0.000000156. The third-order valence-electron chi connectivity index (χ3n) is 6.51. The highest BCUT2D eigenvalue weighted by Gasteiger charge is 2.26. The molecule has 1 saturated carbocycles. The van der Waals surface area contributed by atoms with Crippen LogP contribution in [0, 0.1) is 18.6 Å². The Morgan fingerprint density at radius 3 is 2.60 bits per heavy atom. The molecule has 2 fully saturated rings. The standard InChI is InChI=1S/C15H11F2N3O.C11H16N2O/c1-8-19-13-11(10-4-3-9(16)7-12(10)17)5-6-18-14(13)15(21)20(8)2;1-2-6-14-11(3-1)9-7-12-13(8-9)10-4-5-10/h3-7H,1-2H3;7-8,10-11H,1-6H2. The summed E-state index contributed by atoms with van der Waals surface area (Å²) in [5.74, 6) is -0.874. The Kier molecular flexibility index (Phi) is 6.42. The number of rotatable bonds is 3. The average molecular weight is 480 g/mol. The van der Waals surface area contributed by atoms with E-state index in [-0.39, 0.29) is 16.6 Å². The van der Waals surface area contributed by atoms with Crippen LogP contribution in [0.25, 0.3) is 22.2 Å². The first kappa shape index (κ1) is 23.3. The van der Waals surface area contributed by atoms with Gasteiger partial charge >= 0.3 is 0 Å². The van der Waals surface area contributed by atoms with Gasteiger partial charge in [0.2, 0.25) is 0 Å². The number of aryl methyl sites for hydroxylation is 1. The van der Waals surface area contributed by atoms with Crippen LogP contribution in [0.15, 0.2) is 47.7 Å². The lowest BCUT2D eigenvalue weighted by Gasteiger charge is -2.21. The first-order valence-electron chi connectivity index (χ1n) is 11.9. The molecule has 1 aromatic carbocycles. The monoisotopic (exact) mass is 479 g/mol. The molecule has 0 N–H and O–H groups in total. The molecule has 6 rings (SSSR count). The van der Waals surface area contributed by atoms with Crippen LogP contribution in [-0.4, -0.2) is 30.9 Å². The van der Waals surface area contributed by atoms with Gasteiger partial charge in [0.05, 0.1) is 18.3 Å². The Labute approximate surface area is 201 Å². The zero-order valence-electron chi connectivity index (χ0n) is 19.7. The molecule has 4 heterocycles. The smallest absolute Gasteiger partial charge is 0.279 e. The molecule has 182 valence electrons. The number of halogens is 2. The maximum absolute atomic E-state index is 14.0. The summed E-state index contributed by atoms with van der Waals surface area (Å²) in [5, 5.41) is 4.39. The van der Waals surface area contributed by atoms with Gasteiger partial charge in [-0.1, -0.05) is 0 Å². The van der Waals surface area contributed by atoms with Gasteiger partial charge in [-0.25, -0.2) is 18.7 Å². The number of fused-ring (bicyclic) bond motifs is 1. The fraction of sp³-hybridized carbons (Fsp3) is 0.385.